The fraction of sp³-hybridized carbons (Fsp3) is 0.294. The summed E-state index contributed by atoms with van der Waals surface area (Å²) in [5, 5.41) is 13.4. The van der Waals surface area contributed by atoms with Gasteiger partial charge < -0.3 is 5.11 Å². The van der Waals surface area contributed by atoms with Crippen molar-refractivity contribution in [3.05, 3.63) is 89.7 Å². The first-order chi connectivity index (χ1) is 17.8. The number of fused-ring (bicyclic) bond motifs is 4. The molecule has 0 aliphatic rings. The third-order valence-corrected chi connectivity index (χ3v) is 7.87. The summed E-state index contributed by atoms with van der Waals surface area (Å²) in [6, 6.07) is 24.7. The van der Waals surface area contributed by atoms with E-state index < -0.39 is 5.41 Å². The normalized spacial score (nSPS) is 12.3. The molecule has 3 nitrogen and oxygen atoms in total. The molecule has 0 saturated heterocycles. The standard InChI is InChI=1S/C23H16NS.C11H20O2.Ir/c1-14-12-15(2)22-19(13-14)17-7-5-8-18(23(17)25-22)21-11-10-16-6-3-4-9-20(16)24-21;1-10(2,3)8(12)7-9(13)11(4,5)6;/h3-7,9-13H,1-2H3;7,12H,1-6H3;/q-1;;/b;8-7-;. The minimum Gasteiger partial charge on any atom is -0.512 e. The van der Waals surface area contributed by atoms with Gasteiger partial charge in [-0.05, 0) is 46.6 Å². The van der Waals surface area contributed by atoms with E-state index in [1.54, 1.807) is 0 Å². The first kappa shape index (κ1) is 30.7. The van der Waals surface area contributed by atoms with Gasteiger partial charge in [0.25, 0.3) is 0 Å². The first-order valence-corrected chi connectivity index (χ1v) is 13.7. The van der Waals surface area contributed by atoms with Crippen LogP contribution in [0, 0.1) is 30.7 Å². The number of carbonyl (C=O) groups excluding carboxylic acids is 1. The zero-order chi connectivity index (χ0) is 27.8. The molecule has 0 bridgehead atoms. The van der Waals surface area contributed by atoms with E-state index in [2.05, 4.69) is 62.4 Å². The van der Waals surface area contributed by atoms with E-state index >= 15 is 0 Å². The van der Waals surface area contributed by atoms with Crippen LogP contribution in [0.1, 0.15) is 52.7 Å². The number of benzene rings is 3. The van der Waals surface area contributed by atoms with E-state index in [1.807, 2.05) is 71.1 Å². The molecule has 5 heteroatoms. The number of pyridine rings is 1. The number of nitrogens with zero attached hydrogens (tertiary/aromatic N) is 1. The summed E-state index contributed by atoms with van der Waals surface area (Å²) < 4.78 is 2.64. The maximum Gasteiger partial charge on any atom is 0.164 e. The number of aliphatic hydroxyl groups is 1. The Bertz CT molecular complexity index is 1680. The van der Waals surface area contributed by atoms with Gasteiger partial charge in [-0.15, -0.1) is 23.8 Å². The van der Waals surface area contributed by atoms with Crippen LogP contribution < -0.4 is 0 Å². The van der Waals surface area contributed by atoms with Crippen molar-refractivity contribution in [2.75, 3.05) is 0 Å². The van der Waals surface area contributed by atoms with Crippen molar-refractivity contribution in [3.8, 4) is 11.3 Å². The maximum absolute atomic E-state index is 11.5. The second-order valence-electron chi connectivity index (χ2n) is 11.9. The van der Waals surface area contributed by atoms with Gasteiger partial charge in [0.1, 0.15) is 5.76 Å². The van der Waals surface area contributed by atoms with Gasteiger partial charge in [-0.1, -0.05) is 95.0 Å². The summed E-state index contributed by atoms with van der Waals surface area (Å²) in [6.07, 6.45) is 1.33. The predicted octanol–water partition coefficient (Wildman–Crippen LogP) is 9.77. The molecule has 0 aliphatic heterocycles. The van der Waals surface area contributed by atoms with Gasteiger partial charge >= 0.3 is 0 Å². The Morgan fingerprint density at radius 3 is 2.26 bits per heavy atom. The molecule has 205 valence electrons. The molecule has 3 aromatic carbocycles. The van der Waals surface area contributed by atoms with E-state index in [-0.39, 0.29) is 37.1 Å². The van der Waals surface area contributed by atoms with Crippen molar-refractivity contribution >= 4 is 48.2 Å². The largest absolute Gasteiger partial charge is 0.512 e. The molecule has 1 N–H and O–H groups in total. The average molecular weight is 715 g/mol. The van der Waals surface area contributed by atoms with Crippen molar-refractivity contribution < 1.29 is 30.0 Å². The SMILES string of the molecule is CC(C)(C)C(=O)/C=C(\O)C(C)(C)C.Cc1cc(C)c2sc3c(-c4ccc5ccccc5n4)[c-]ccc3c2c1.[Ir]. The molecular weight excluding hydrogens is 679 g/mol. The quantitative estimate of drug-likeness (QED) is 0.113. The molecule has 0 saturated carbocycles. The van der Waals surface area contributed by atoms with E-state index in [0.717, 1.165) is 16.8 Å². The fourth-order valence-electron chi connectivity index (χ4n) is 4.15. The zero-order valence-electron chi connectivity index (χ0n) is 23.9. The summed E-state index contributed by atoms with van der Waals surface area (Å²) in [5.41, 5.74) is 5.00. The first-order valence-electron chi connectivity index (χ1n) is 12.9. The molecule has 5 aromatic rings. The summed E-state index contributed by atoms with van der Waals surface area (Å²) in [6.45, 7) is 15.5. The van der Waals surface area contributed by atoms with Gasteiger partial charge in [0, 0.05) is 41.7 Å². The summed E-state index contributed by atoms with van der Waals surface area (Å²) in [7, 11) is 0. The molecule has 0 atom stereocenters. The number of thiophene rings is 1. The number of para-hydroxylation sites is 1. The van der Waals surface area contributed by atoms with Crippen LogP contribution in [0.4, 0.5) is 0 Å². The second kappa shape index (κ2) is 11.7. The number of allylic oxidation sites excluding steroid dienone is 2. The minimum atomic E-state index is -0.417. The Kier molecular flexibility index (Phi) is 9.22. The maximum atomic E-state index is 11.5. The van der Waals surface area contributed by atoms with Crippen molar-refractivity contribution in [1.82, 2.24) is 4.98 Å². The third kappa shape index (κ3) is 6.84. The Balaban J connectivity index is 0.000000260. The van der Waals surface area contributed by atoms with Crippen LogP contribution >= 0.6 is 11.3 Å². The molecule has 0 fully saturated rings. The van der Waals surface area contributed by atoms with Gasteiger partial charge in [-0.25, -0.2) is 0 Å². The zero-order valence-corrected chi connectivity index (χ0v) is 27.1. The van der Waals surface area contributed by atoms with Crippen LogP contribution in [0.2, 0.25) is 0 Å². The number of hydrogen-bond acceptors (Lipinski definition) is 4. The number of aromatic nitrogens is 1. The summed E-state index contributed by atoms with van der Waals surface area (Å²) in [4.78, 5) is 16.4. The fourth-order valence-corrected chi connectivity index (χ4v) is 5.40. The van der Waals surface area contributed by atoms with Gasteiger partial charge in [-0.2, -0.15) is 11.3 Å². The number of hydrogen-bond donors (Lipinski definition) is 1. The average Bonchev–Trinajstić information content (AvgIpc) is 3.22. The van der Waals surface area contributed by atoms with Crippen molar-refractivity contribution in [3.63, 3.8) is 0 Å². The van der Waals surface area contributed by atoms with Gasteiger partial charge in [0.15, 0.2) is 5.78 Å². The molecule has 5 rings (SSSR count). The topological polar surface area (TPSA) is 50.2 Å². The van der Waals surface area contributed by atoms with Crippen LogP contribution in [0.5, 0.6) is 0 Å². The Morgan fingerprint density at radius 1 is 0.897 bits per heavy atom. The molecule has 0 spiro atoms. The van der Waals surface area contributed by atoms with Crippen LogP contribution in [0.3, 0.4) is 0 Å². The second-order valence-corrected chi connectivity index (χ2v) is 13.0. The van der Waals surface area contributed by atoms with Crippen molar-refractivity contribution in [1.29, 1.82) is 0 Å². The molecule has 0 amide bonds. The van der Waals surface area contributed by atoms with Gasteiger partial charge in [-0.3, -0.25) is 9.78 Å². The van der Waals surface area contributed by atoms with E-state index in [4.69, 9.17) is 4.98 Å². The molecule has 0 aliphatic carbocycles. The minimum absolute atomic E-state index is 0. The molecule has 2 aromatic heterocycles. The summed E-state index contributed by atoms with van der Waals surface area (Å²) >= 11 is 1.85. The van der Waals surface area contributed by atoms with Crippen molar-refractivity contribution in [2.24, 2.45) is 10.8 Å². The molecular formula is C34H36IrNO2S-. The molecule has 2 heterocycles. The Morgan fingerprint density at radius 2 is 1.59 bits per heavy atom. The van der Waals surface area contributed by atoms with Crippen LogP contribution in [-0.2, 0) is 24.9 Å². The Hall–Kier alpha value is -2.85. The molecule has 1 radical (unpaired) electrons. The number of ketones is 1. The van der Waals surface area contributed by atoms with Crippen LogP contribution in [-0.4, -0.2) is 15.9 Å². The number of carbonyl (C=O) groups is 1. The third-order valence-electron chi connectivity index (χ3n) is 6.49. The molecule has 39 heavy (non-hydrogen) atoms. The van der Waals surface area contributed by atoms with Crippen LogP contribution in [0.25, 0.3) is 42.3 Å². The van der Waals surface area contributed by atoms with E-state index in [9.17, 15) is 9.90 Å². The monoisotopic (exact) mass is 715 g/mol. The number of aryl methyl sites for hydroxylation is 2. The Labute approximate surface area is 249 Å². The number of rotatable bonds is 2. The smallest absolute Gasteiger partial charge is 0.164 e. The van der Waals surface area contributed by atoms with E-state index in [1.165, 1.54) is 42.8 Å². The predicted molar refractivity (Wildman–Crippen MR) is 163 cm³/mol. The van der Waals surface area contributed by atoms with E-state index in [0.29, 0.717) is 0 Å². The summed E-state index contributed by atoms with van der Waals surface area (Å²) in [5.74, 6) is 0.104. The van der Waals surface area contributed by atoms with Crippen molar-refractivity contribution in [2.45, 2.75) is 55.4 Å². The van der Waals surface area contributed by atoms with Crippen LogP contribution in [0.15, 0.2) is 72.5 Å². The van der Waals surface area contributed by atoms with Gasteiger partial charge in [0.05, 0.1) is 5.52 Å². The van der Waals surface area contributed by atoms with Gasteiger partial charge in [0.2, 0.25) is 0 Å². The molecule has 0 unspecified atom stereocenters. The number of aliphatic hydroxyl groups excluding tert-OH is 1.